The van der Waals surface area contributed by atoms with Crippen LogP contribution in [0.25, 0.3) is 0 Å². The highest BCUT2D eigenvalue weighted by Gasteiger charge is 2.38. The zero-order chi connectivity index (χ0) is 24.6. The maximum absolute atomic E-state index is 13.3. The van der Waals surface area contributed by atoms with E-state index in [0.29, 0.717) is 18.0 Å². The highest BCUT2D eigenvalue weighted by molar-refractivity contribution is 7.89. The van der Waals surface area contributed by atoms with Gasteiger partial charge in [-0.05, 0) is 31.4 Å². The minimum absolute atomic E-state index is 0.00966. The summed E-state index contributed by atoms with van der Waals surface area (Å²) in [4.78, 5) is 23.6. The van der Waals surface area contributed by atoms with E-state index in [1.807, 2.05) is 24.0 Å². The summed E-state index contributed by atoms with van der Waals surface area (Å²) in [5.74, 6) is -2.71. The molecule has 33 heavy (non-hydrogen) atoms. The van der Waals surface area contributed by atoms with E-state index in [2.05, 4.69) is 5.32 Å². The molecule has 0 radical (unpaired) electrons. The quantitative estimate of drug-likeness (QED) is 0.630. The minimum atomic E-state index is -5.08. The Balaban J connectivity index is 0.000000479. The molecule has 12 heteroatoms. The van der Waals surface area contributed by atoms with Gasteiger partial charge in [0.2, 0.25) is 15.9 Å². The lowest BCUT2D eigenvalue weighted by molar-refractivity contribution is -0.192. The van der Waals surface area contributed by atoms with Crippen LogP contribution in [0, 0.1) is 6.92 Å². The molecule has 1 amide bonds. The van der Waals surface area contributed by atoms with E-state index in [-0.39, 0.29) is 24.9 Å². The maximum atomic E-state index is 13.3. The number of hydrogen-bond acceptors (Lipinski definition) is 5. The molecular formula is C21H30F3N3O5S. The van der Waals surface area contributed by atoms with Crippen molar-refractivity contribution in [2.24, 2.45) is 0 Å². The Hall–Kier alpha value is -2.18. The molecule has 0 atom stereocenters. The zero-order valence-corrected chi connectivity index (χ0v) is 19.3. The molecule has 1 aliphatic carbocycles. The Bertz CT molecular complexity index is 912. The van der Waals surface area contributed by atoms with Crippen molar-refractivity contribution in [3.05, 3.63) is 29.8 Å². The van der Waals surface area contributed by atoms with Crippen molar-refractivity contribution < 1.29 is 36.3 Å². The van der Waals surface area contributed by atoms with E-state index in [0.717, 1.165) is 44.3 Å². The Morgan fingerprint density at radius 2 is 1.70 bits per heavy atom. The molecule has 0 bridgehead atoms. The van der Waals surface area contributed by atoms with Crippen LogP contribution in [0.15, 0.2) is 29.2 Å². The number of aliphatic carboxylic acids is 1. The average Bonchev–Trinajstić information content (AvgIpc) is 3.28. The number of carbonyl (C=O) groups is 2. The molecule has 1 aromatic carbocycles. The number of amides is 1. The third-order valence-electron chi connectivity index (χ3n) is 5.67. The van der Waals surface area contributed by atoms with Gasteiger partial charge in [0.05, 0.1) is 4.90 Å². The van der Waals surface area contributed by atoms with Crippen molar-refractivity contribution in [3.8, 4) is 0 Å². The molecule has 3 rings (SSSR count). The maximum Gasteiger partial charge on any atom is 0.490 e. The van der Waals surface area contributed by atoms with Gasteiger partial charge < -0.3 is 15.3 Å². The summed E-state index contributed by atoms with van der Waals surface area (Å²) in [6.07, 6.45) is -0.964. The number of aryl methyl sites for hydroxylation is 1. The predicted octanol–water partition coefficient (Wildman–Crippen LogP) is 2.38. The fourth-order valence-corrected chi connectivity index (χ4v) is 5.85. The van der Waals surface area contributed by atoms with Crippen molar-refractivity contribution in [2.45, 2.75) is 56.1 Å². The first-order valence-corrected chi connectivity index (χ1v) is 12.2. The van der Waals surface area contributed by atoms with E-state index >= 15 is 0 Å². The van der Waals surface area contributed by atoms with Crippen molar-refractivity contribution in [1.29, 1.82) is 0 Å². The number of carboxylic acids is 1. The molecule has 1 aromatic rings. The lowest BCUT2D eigenvalue weighted by atomic mass is 10.2. The second-order valence-electron chi connectivity index (χ2n) is 8.00. The van der Waals surface area contributed by atoms with Crippen LogP contribution in [0.3, 0.4) is 0 Å². The number of carboxylic acid groups (broad SMARTS) is 1. The van der Waals surface area contributed by atoms with Crippen LogP contribution < -0.4 is 5.32 Å². The van der Waals surface area contributed by atoms with Gasteiger partial charge in [-0.2, -0.15) is 17.5 Å². The second kappa shape index (κ2) is 11.8. The molecule has 2 N–H and O–H groups in total. The number of sulfonamides is 1. The van der Waals surface area contributed by atoms with Crippen LogP contribution in [0.5, 0.6) is 0 Å². The van der Waals surface area contributed by atoms with Crippen LogP contribution in [-0.4, -0.2) is 79.5 Å². The van der Waals surface area contributed by atoms with Crippen LogP contribution in [-0.2, 0) is 19.6 Å². The van der Waals surface area contributed by atoms with Gasteiger partial charge in [-0.25, -0.2) is 13.2 Å². The number of halogens is 3. The fraction of sp³-hybridized carbons (Fsp3) is 0.619. The Labute approximate surface area is 191 Å². The zero-order valence-electron chi connectivity index (χ0n) is 18.5. The van der Waals surface area contributed by atoms with Crippen LogP contribution >= 0.6 is 0 Å². The molecule has 8 nitrogen and oxygen atoms in total. The standard InChI is InChI=1S/C19H29N3O3S.C2HF3O2/c1-16-6-2-5-9-18(16)26(24,25)22(17-7-3-4-8-17)13-10-19(23)21-14-11-20-12-15-21;3-2(4,5)1(6)7/h2,5-6,9,17,20H,3-4,7-8,10-15H2,1H3;(H,6,7). The highest BCUT2D eigenvalue weighted by Crippen LogP contribution is 2.30. The number of carbonyl (C=O) groups excluding carboxylic acids is 1. The lowest BCUT2D eigenvalue weighted by Gasteiger charge is -2.31. The summed E-state index contributed by atoms with van der Waals surface area (Å²) >= 11 is 0. The molecular weight excluding hydrogens is 463 g/mol. The number of nitrogens with one attached hydrogen (secondary N) is 1. The van der Waals surface area contributed by atoms with E-state index in [9.17, 15) is 26.4 Å². The summed E-state index contributed by atoms with van der Waals surface area (Å²) in [5.41, 5.74) is 0.754. The SMILES string of the molecule is Cc1ccccc1S(=O)(=O)N(CCC(=O)N1CCNCC1)C1CCCC1.O=C(O)C(F)(F)F. The third kappa shape index (κ3) is 7.68. The van der Waals surface area contributed by atoms with Crippen molar-refractivity contribution in [1.82, 2.24) is 14.5 Å². The molecule has 0 spiro atoms. The number of alkyl halides is 3. The van der Waals surface area contributed by atoms with Crippen molar-refractivity contribution in [3.63, 3.8) is 0 Å². The average molecular weight is 494 g/mol. The Morgan fingerprint density at radius 1 is 1.15 bits per heavy atom. The summed E-state index contributed by atoms with van der Waals surface area (Å²) in [6, 6.07) is 7.12. The number of nitrogens with zero attached hydrogens (tertiary/aromatic N) is 2. The first kappa shape index (κ1) is 27.1. The molecule has 0 aromatic heterocycles. The summed E-state index contributed by atoms with van der Waals surface area (Å²) in [5, 5.41) is 10.4. The minimum Gasteiger partial charge on any atom is -0.475 e. The van der Waals surface area contributed by atoms with Crippen LogP contribution in [0.2, 0.25) is 0 Å². The fourth-order valence-electron chi connectivity index (χ4n) is 3.94. The number of rotatable bonds is 6. The van der Waals surface area contributed by atoms with Gasteiger partial charge in [-0.1, -0.05) is 31.0 Å². The monoisotopic (exact) mass is 493 g/mol. The third-order valence-corrected chi connectivity index (χ3v) is 7.78. The smallest absolute Gasteiger partial charge is 0.475 e. The molecule has 1 saturated heterocycles. The topological polar surface area (TPSA) is 107 Å². The van der Waals surface area contributed by atoms with Crippen LogP contribution in [0.4, 0.5) is 13.2 Å². The van der Waals surface area contributed by atoms with Crippen molar-refractivity contribution in [2.75, 3.05) is 32.7 Å². The van der Waals surface area contributed by atoms with E-state index < -0.39 is 22.2 Å². The largest absolute Gasteiger partial charge is 0.490 e. The first-order valence-electron chi connectivity index (χ1n) is 10.8. The van der Waals surface area contributed by atoms with Gasteiger partial charge in [0.1, 0.15) is 0 Å². The summed E-state index contributed by atoms with van der Waals surface area (Å²) in [6.45, 7) is 5.11. The predicted molar refractivity (Wildman–Crippen MR) is 115 cm³/mol. The summed E-state index contributed by atoms with van der Waals surface area (Å²) in [7, 11) is -3.59. The number of hydrogen-bond donors (Lipinski definition) is 2. The molecule has 1 saturated carbocycles. The van der Waals surface area contributed by atoms with Crippen molar-refractivity contribution >= 4 is 21.9 Å². The normalized spacial score (nSPS) is 17.5. The molecule has 1 aliphatic heterocycles. The van der Waals surface area contributed by atoms with Crippen LogP contribution in [0.1, 0.15) is 37.7 Å². The molecule has 186 valence electrons. The highest BCUT2D eigenvalue weighted by atomic mass is 32.2. The Kier molecular flexibility index (Phi) is 9.68. The molecule has 0 unspecified atom stereocenters. The number of benzene rings is 1. The number of piperazine rings is 1. The van der Waals surface area contributed by atoms with Gasteiger partial charge >= 0.3 is 12.1 Å². The van der Waals surface area contributed by atoms with E-state index in [1.54, 1.807) is 16.4 Å². The molecule has 2 aliphatic rings. The molecule has 2 fully saturated rings. The summed E-state index contributed by atoms with van der Waals surface area (Å²) < 4.78 is 60.0. The lowest BCUT2D eigenvalue weighted by Crippen LogP contribution is -2.48. The van der Waals surface area contributed by atoms with Gasteiger partial charge in [-0.15, -0.1) is 0 Å². The van der Waals surface area contributed by atoms with Gasteiger partial charge in [0.15, 0.2) is 0 Å². The van der Waals surface area contributed by atoms with Gasteiger partial charge in [0.25, 0.3) is 0 Å². The van der Waals surface area contributed by atoms with Gasteiger partial charge in [0, 0.05) is 45.2 Å². The first-order chi connectivity index (χ1) is 15.4. The molecule has 1 heterocycles. The van der Waals surface area contributed by atoms with E-state index in [4.69, 9.17) is 9.90 Å². The Morgan fingerprint density at radius 3 is 2.21 bits per heavy atom. The second-order valence-corrected chi connectivity index (χ2v) is 9.86. The van der Waals surface area contributed by atoms with E-state index in [1.165, 1.54) is 0 Å². The van der Waals surface area contributed by atoms with Gasteiger partial charge in [-0.3, -0.25) is 4.79 Å².